The number of carbonyl (C=O) groups excluding carboxylic acids is 3. The predicted octanol–water partition coefficient (Wildman–Crippen LogP) is 2.89. The highest BCUT2D eigenvalue weighted by atomic mass is 19.4. The molecular formula is C22H21F3N4O3. The molecule has 1 unspecified atom stereocenters. The summed E-state index contributed by atoms with van der Waals surface area (Å²) in [7, 11) is 0. The molecular weight excluding hydrogens is 425 g/mol. The number of hydrogen-bond acceptors (Lipinski definition) is 4. The summed E-state index contributed by atoms with van der Waals surface area (Å²) < 4.78 is 38.8. The number of anilines is 1. The zero-order chi connectivity index (χ0) is 22.9. The Labute approximate surface area is 182 Å². The van der Waals surface area contributed by atoms with Crippen LogP contribution in [0.2, 0.25) is 0 Å². The molecule has 1 atom stereocenters. The highest BCUT2D eigenvalue weighted by molar-refractivity contribution is 6.21. The van der Waals surface area contributed by atoms with Gasteiger partial charge in [0.25, 0.3) is 0 Å². The molecule has 10 heteroatoms. The molecule has 0 spiro atoms. The van der Waals surface area contributed by atoms with E-state index in [9.17, 15) is 27.6 Å². The second-order valence-electron chi connectivity index (χ2n) is 7.70. The number of allylic oxidation sites excluding steroid dienone is 3. The van der Waals surface area contributed by atoms with Crippen molar-refractivity contribution in [2.24, 2.45) is 10.9 Å². The average molecular weight is 446 g/mol. The molecule has 3 aliphatic rings. The molecule has 168 valence electrons. The number of imide groups is 1. The molecule has 7 nitrogen and oxygen atoms in total. The molecule has 32 heavy (non-hydrogen) atoms. The first-order valence-electron chi connectivity index (χ1n) is 10.2. The number of hydrogen-bond donors (Lipinski definition) is 0. The maximum Gasteiger partial charge on any atom is 0.416 e. The Morgan fingerprint density at radius 2 is 1.84 bits per heavy atom. The number of carbonyl (C=O) groups is 3. The van der Waals surface area contributed by atoms with Crippen LogP contribution < -0.4 is 4.90 Å². The topological polar surface area (TPSA) is 73.3 Å². The lowest BCUT2D eigenvalue weighted by atomic mass is 9.95. The molecule has 0 aromatic heterocycles. The summed E-state index contributed by atoms with van der Waals surface area (Å²) in [6, 6.07) is 4.44. The third kappa shape index (κ3) is 4.44. The van der Waals surface area contributed by atoms with Crippen molar-refractivity contribution in [1.82, 2.24) is 9.80 Å². The molecule has 1 aliphatic carbocycles. The van der Waals surface area contributed by atoms with E-state index in [1.807, 2.05) is 0 Å². The van der Waals surface area contributed by atoms with Crippen LogP contribution in [0.25, 0.3) is 0 Å². The number of halogens is 3. The maximum atomic E-state index is 12.9. The fourth-order valence-corrected chi connectivity index (χ4v) is 3.94. The Morgan fingerprint density at radius 3 is 2.56 bits per heavy atom. The molecule has 1 fully saturated rings. The zero-order valence-corrected chi connectivity index (χ0v) is 17.1. The van der Waals surface area contributed by atoms with Crippen LogP contribution in [0.4, 0.5) is 23.7 Å². The van der Waals surface area contributed by atoms with Crippen molar-refractivity contribution in [3.63, 3.8) is 0 Å². The van der Waals surface area contributed by atoms with Crippen LogP contribution in [0.1, 0.15) is 12.0 Å². The number of urea groups is 1. The third-order valence-electron chi connectivity index (χ3n) is 5.71. The second-order valence-corrected chi connectivity index (χ2v) is 7.70. The van der Waals surface area contributed by atoms with Gasteiger partial charge in [0.15, 0.2) is 0 Å². The molecule has 1 saturated heterocycles. The van der Waals surface area contributed by atoms with Gasteiger partial charge in [-0.05, 0) is 24.3 Å². The largest absolute Gasteiger partial charge is 0.416 e. The van der Waals surface area contributed by atoms with Gasteiger partial charge in [-0.2, -0.15) is 18.2 Å². The van der Waals surface area contributed by atoms with E-state index < -0.39 is 29.6 Å². The molecule has 2 heterocycles. The SMILES string of the molecule is O=C(CCN1C(=O)N=C2C=CC=CC2C1=O)N1CCN(c2cccc(C(F)(F)F)c2)CC1. The smallest absolute Gasteiger partial charge is 0.368 e. The summed E-state index contributed by atoms with van der Waals surface area (Å²) in [5, 5.41) is 0. The number of aliphatic imine (C=N–C) groups is 1. The number of amides is 4. The molecule has 4 rings (SSSR count). The summed E-state index contributed by atoms with van der Waals surface area (Å²) in [5.74, 6) is -1.23. The Balaban J connectivity index is 1.31. The molecule has 1 aromatic rings. The Hall–Kier alpha value is -3.43. The van der Waals surface area contributed by atoms with E-state index in [0.717, 1.165) is 17.0 Å². The van der Waals surface area contributed by atoms with Crippen LogP contribution in [-0.4, -0.2) is 66.1 Å². The first-order chi connectivity index (χ1) is 15.2. The van der Waals surface area contributed by atoms with Crippen molar-refractivity contribution in [2.45, 2.75) is 12.6 Å². The van der Waals surface area contributed by atoms with Gasteiger partial charge in [-0.25, -0.2) is 4.79 Å². The molecule has 1 aromatic carbocycles. The summed E-state index contributed by atoms with van der Waals surface area (Å²) in [6.07, 6.45) is 2.25. The lowest BCUT2D eigenvalue weighted by Crippen LogP contribution is -2.50. The van der Waals surface area contributed by atoms with Crippen LogP contribution in [0.3, 0.4) is 0 Å². The lowest BCUT2D eigenvalue weighted by Gasteiger charge is -2.36. The van der Waals surface area contributed by atoms with E-state index in [0.29, 0.717) is 37.6 Å². The number of nitrogens with zero attached hydrogens (tertiary/aromatic N) is 4. The molecule has 0 saturated carbocycles. The number of alkyl halides is 3. The maximum absolute atomic E-state index is 12.9. The Bertz CT molecular complexity index is 1020. The summed E-state index contributed by atoms with van der Waals surface area (Å²) >= 11 is 0. The van der Waals surface area contributed by atoms with E-state index in [1.54, 1.807) is 40.2 Å². The molecule has 4 amide bonds. The first-order valence-corrected chi connectivity index (χ1v) is 10.2. The minimum atomic E-state index is -4.41. The van der Waals surface area contributed by atoms with Gasteiger partial charge in [0.1, 0.15) is 0 Å². The standard InChI is InChI=1S/C22H21F3N4O3/c23-22(24,25)15-4-3-5-16(14-15)27-10-12-28(13-11-27)19(30)8-9-29-20(31)17-6-1-2-7-18(17)26-21(29)32/h1-7,14,17H,8-13H2. The van der Waals surface area contributed by atoms with E-state index >= 15 is 0 Å². The number of rotatable bonds is 4. The van der Waals surface area contributed by atoms with Crippen LogP contribution in [0.15, 0.2) is 53.6 Å². The summed E-state index contributed by atoms with van der Waals surface area (Å²) in [4.78, 5) is 45.7. The quantitative estimate of drug-likeness (QED) is 0.713. The zero-order valence-electron chi connectivity index (χ0n) is 17.1. The predicted molar refractivity (Wildman–Crippen MR) is 111 cm³/mol. The minimum absolute atomic E-state index is 0.0296. The van der Waals surface area contributed by atoms with Gasteiger partial charge in [0.2, 0.25) is 11.8 Å². The fraction of sp³-hybridized carbons (Fsp3) is 0.364. The number of piperazine rings is 1. The molecule has 2 aliphatic heterocycles. The van der Waals surface area contributed by atoms with Crippen molar-refractivity contribution in [3.8, 4) is 0 Å². The number of fused-ring (bicyclic) bond motifs is 1. The van der Waals surface area contributed by atoms with Crippen LogP contribution >= 0.6 is 0 Å². The first kappa shape index (κ1) is 21.8. The molecule has 0 radical (unpaired) electrons. The highest BCUT2D eigenvalue weighted by Crippen LogP contribution is 2.32. The Kier molecular flexibility index (Phi) is 5.86. The van der Waals surface area contributed by atoms with Crippen molar-refractivity contribution in [2.75, 3.05) is 37.6 Å². The minimum Gasteiger partial charge on any atom is -0.368 e. The third-order valence-corrected chi connectivity index (χ3v) is 5.71. The van der Waals surface area contributed by atoms with E-state index in [2.05, 4.69) is 4.99 Å². The molecule has 0 bridgehead atoms. The van der Waals surface area contributed by atoms with Crippen molar-refractivity contribution in [3.05, 3.63) is 54.1 Å². The highest BCUT2D eigenvalue weighted by Gasteiger charge is 2.36. The second kappa shape index (κ2) is 8.60. The van der Waals surface area contributed by atoms with Gasteiger partial charge < -0.3 is 9.80 Å². The lowest BCUT2D eigenvalue weighted by molar-refractivity contribution is -0.137. The van der Waals surface area contributed by atoms with E-state index in [1.165, 1.54) is 6.07 Å². The van der Waals surface area contributed by atoms with Gasteiger partial charge in [0, 0.05) is 44.8 Å². The van der Waals surface area contributed by atoms with Crippen molar-refractivity contribution in [1.29, 1.82) is 0 Å². The fourth-order valence-electron chi connectivity index (χ4n) is 3.94. The van der Waals surface area contributed by atoms with Gasteiger partial charge in [0.05, 0.1) is 17.2 Å². The van der Waals surface area contributed by atoms with Crippen LogP contribution in [-0.2, 0) is 15.8 Å². The van der Waals surface area contributed by atoms with Crippen molar-refractivity contribution < 1.29 is 27.6 Å². The van der Waals surface area contributed by atoms with Gasteiger partial charge in [-0.15, -0.1) is 0 Å². The van der Waals surface area contributed by atoms with E-state index in [-0.39, 0.29) is 18.9 Å². The van der Waals surface area contributed by atoms with Gasteiger partial charge in [-0.1, -0.05) is 24.3 Å². The summed E-state index contributed by atoms with van der Waals surface area (Å²) in [6.45, 7) is 1.41. The normalized spacial score (nSPS) is 21.0. The average Bonchev–Trinajstić information content (AvgIpc) is 2.78. The number of benzene rings is 1. The van der Waals surface area contributed by atoms with Crippen LogP contribution in [0, 0.1) is 5.92 Å². The molecule has 0 N–H and O–H groups in total. The van der Waals surface area contributed by atoms with Gasteiger partial charge >= 0.3 is 12.2 Å². The van der Waals surface area contributed by atoms with Gasteiger partial charge in [-0.3, -0.25) is 14.5 Å². The van der Waals surface area contributed by atoms with Crippen molar-refractivity contribution >= 4 is 29.2 Å². The summed E-state index contributed by atoms with van der Waals surface area (Å²) in [5.41, 5.74) is 0.147. The Morgan fingerprint density at radius 1 is 1.09 bits per heavy atom. The van der Waals surface area contributed by atoms with Crippen LogP contribution in [0.5, 0.6) is 0 Å². The van der Waals surface area contributed by atoms with E-state index in [4.69, 9.17) is 0 Å². The monoisotopic (exact) mass is 446 g/mol.